The Balaban J connectivity index is 1.47. The van der Waals surface area contributed by atoms with E-state index >= 15 is 0 Å². The minimum Gasteiger partial charge on any atom is -0.0845 e. The highest BCUT2D eigenvalue weighted by atomic mass is 14.6. The van der Waals surface area contributed by atoms with Gasteiger partial charge in [0.05, 0.1) is 0 Å². The summed E-state index contributed by atoms with van der Waals surface area (Å²) in [4.78, 5) is 0. The highest BCUT2D eigenvalue weighted by Gasteiger charge is 2.58. The molecule has 0 nitrogen and oxygen atoms in total. The molecule has 0 bridgehead atoms. The van der Waals surface area contributed by atoms with Crippen molar-refractivity contribution in [2.24, 2.45) is 40.4 Å². The molecule has 0 unspecified atom stereocenters. The highest BCUT2D eigenvalue weighted by Crippen LogP contribution is 2.67. The molecule has 4 aliphatic rings. The van der Waals surface area contributed by atoms with Crippen molar-refractivity contribution in [3.8, 4) is 0 Å². The summed E-state index contributed by atoms with van der Waals surface area (Å²) in [6.45, 7) is 10.3. The summed E-state index contributed by atoms with van der Waals surface area (Å²) < 4.78 is 0. The molecule has 0 radical (unpaired) electrons. The van der Waals surface area contributed by atoms with E-state index in [1.165, 1.54) is 83.5 Å². The molecule has 0 saturated heterocycles. The quantitative estimate of drug-likeness (QED) is 0.324. The molecule has 27 heavy (non-hydrogen) atoms. The minimum absolute atomic E-state index is 0.576. The monoisotopic (exact) mass is 370 g/mol. The third-order valence-electron chi connectivity index (χ3n) is 10.3. The van der Waals surface area contributed by atoms with Crippen molar-refractivity contribution in [2.75, 3.05) is 0 Å². The number of unbranched alkanes of at least 4 members (excludes halogenated alkanes) is 3. The van der Waals surface area contributed by atoms with E-state index in [0.29, 0.717) is 10.8 Å². The average molecular weight is 371 g/mol. The lowest BCUT2D eigenvalue weighted by molar-refractivity contribution is -0.0500. The third-order valence-corrected chi connectivity index (χ3v) is 10.3. The molecule has 0 aromatic carbocycles. The van der Waals surface area contributed by atoms with Gasteiger partial charge in [-0.15, -0.1) is 0 Å². The van der Waals surface area contributed by atoms with Gasteiger partial charge in [0.2, 0.25) is 0 Å². The van der Waals surface area contributed by atoms with Gasteiger partial charge in [0.1, 0.15) is 0 Å². The summed E-state index contributed by atoms with van der Waals surface area (Å²) in [5.74, 6) is 5.00. The summed E-state index contributed by atoms with van der Waals surface area (Å²) >= 11 is 0. The summed E-state index contributed by atoms with van der Waals surface area (Å²) in [6, 6.07) is 0. The van der Waals surface area contributed by atoms with Gasteiger partial charge < -0.3 is 0 Å². The van der Waals surface area contributed by atoms with Crippen molar-refractivity contribution >= 4 is 0 Å². The van der Waals surface area contributed by atoms with Crippen LogP contribution in [-0.2, 0) is 0 Å². The number of fused-ring (bicyclic) bond motifs is 5. The fourth-order valence-electron chi connectivity index (χ4n) is 8.77. The van der Waals surface area contributed by atoms with Crippen LogP contribution in [-0.4, -0.2) is 0 Å². The van der Waals surface area contributed by atoms with E-state index in [4.69, 9.17) is 0 Å². The van der Waals surface area contributed by atoms with Gasteiger partial charge in [0.15, 0.2) is 0 Å². The summed E-state index contributed by atoms with van der Waals surface area (Å²) in [5, 5.41) is 0. The maximum Gasteiger partial charge on any atom is -0.00853 e. The molecular formula is C27H46. The minimum atomic E-state index is 0.576. The van der Waals surface area contributed by atoms with Gasteiger partial charge in [0.25, 0.3) is 0 Å². The van der Waals surface area contributed by atoms with Gasteiger partial charge in [-0.3, -0.25) is 0 Å². The maximum absolute atomic E-state index is 2.74. The van der Waals surface area contributed by atoms with Crippen LogP contribution >= 0.6 is 0 Å². The van der Waals surface area contributed by atoms with Crippen molar-refractivity contribution in [2.45, 2.75) is 118 Å². The van der Waals surface area contributed by atoms with Crippen LogP contribution in [0.1, 0.15) is 118 Å². The van der Waals surface area contributed by atoms with E-state index in [0.717, 1.165) is 29.6 Å². The molecule has 3 fully saturated rings. The molecule has 4 rings (SSSR count). The van der Waals surface area contributed by atoms with E-state index in [-0.39, 0.29) is 0 Å². The summed E-state index contributed by atoms with van der Waals surface area (Å²) in [6.07, 6.45) is 23.4. The fraction of sp³-hybridized carbons (Fsp3) is 0.926. The van der Waals surface area contributed by atoms with Gasteiger partial charge >= 0.3 is 0 Å². The lowest BCUT2D eigenvalue weighted by atomic mass is 9.47. The van der Waals surface area contributed by atoms with Crippen LogP contribution in [0.3, 0.4) is 0 Å². The van der Waals surface area contributed by atoms with Crippen molar-refractivity contribution in [3.05, 3.63) is 11.6 Å². The van der Waals surface area contributed by atoms with Crippen molar-refractivity contribution in [1.29, 1.82) is 0 Å². The van der Waals surface area contributed by atoms with Crippen molar-refractivity contribution in [3.63, 3.8) is 0 Å². The Morgan fingerprint density at radius 3 is 2.67 bits per heavy atom. The Kier molecular flexibility index (Phi) is 5.84. The zero-order valence-corrected chi connectivity index (χ0v) is 18.9. The molecule has 3 saturated carbocycles. The van der Waals surface area contributed by atoms with Gasteiger partial charge in [-0.2, -0.15) is 0 Å². The average Bonchev–Trinajstić information content (AvgIpc) is 3.02. The van der Waals surface area contributed by atoms with Gasteiger partial charge in [0, 0.05) is 0 Å². The number of rotatable bonds is 6. The van der Waals surface area contributed by atoms with Gasteiger partial charge in [-0.25, -0.2) is 0 Å². The Bertz CT molecular complexity index is 544. The maximum atomic E-state index is 2.74. The molecule has 7 atom stereocenters. The van der Waals surface area contributed by atoms with Crippen LogP contribution in [0.15, 0.2) is 11.6 Å². The number of hydrogen-bond donors (Lipinski definition) is 0. The molecule has 0 heteroatoms. The molecule has 4 aliphatic carbocycles. The number of allylic oxidation sites excluding steroid dienone is 2. The fourth-order valence-corrected chi connectivity index (χ4v) is 8.77. The van der Waals surface area contributed by atoms with Crippen LogP contribution in [0.5, 0.6) is 0 Å². The standard InChI is InChI=1S/C27H46/c1-5-6-7-8-11-20(2)23-15-16-24-22-14-13-21-12-9-10-18-26(21,3)25(22)17-19-27(23,24)4/h13,20,22-25H,5-12,14-19H2,1-4H3/t20-,22+,23-,24+,25+,26+,27-/m1/s1. The first-order valence-corrected chi connectivity index (χ1v) is 12.7. The third kappa shape index (κ3) is 3.36. The van der Waals surface area contributed by atoms with Crippen molar-refractivity contribution in [1.82, 2.24) is 0 Å². The molecule has 154 valence electrons. The molecule has 0 amide bonds. The zero-order chi connectivity index (χ0) is 19.1. The topological polar surface area (TPSA) is 0 Å². The lowest BCUT2D eigenvalue weighted by Gasteiger charge is -2.58. The van der Waals surface area contributed by atoms with Crippen LogP contribution < -0.4 is 0 Å². The lowest BCUT2D eigenvalue weighted by Crippen LogP contribution is -2.50. The smallest absolute Gasteiger partial charge is 0.00853 e. The van der Waals surface area contributed by atoms with Gasteiger partial charge in [-0.05, 0) is 91.8 Å². The van der Waals surface area contributed by atoms with E-state index < -0.39 is 0 Å². The second-order valence-corrected chi connectivity index (χ2v) is 11.5. The second-order valence-electron chi connectivity index (χ2n) is 11.5. The molecule has 0 heterocycles. The second kappa shape index (κ2) is 7.87. The van der Waals surface area contributed by atoms with E-state index in [2.05, 4.69) is 33.8 Å². The van der Waals surface area contributed by atoms with Crippen LogP contribution in [0, 0.1) is 40.4 Å². The predicted octanol–water partition coefficient (Wildman–Crippen LogP) is 8.56. The van der Waals surface area contributed by atoms with E-state index in [1.807, 2.05) is 5.57 Å². The Morgan fingerprint density at radius 2 is 1.85 bits per heavy atom. The van der Waals surface area contributed by atoms with E-state index in [9.17, 15) is 0 Å². The molecule has 0 N–H and O–H groups in total. The van der Waals surface area contributed by atoms with Crippen molar-refractivity contribution < 1.29 is 0 Å². The molecule has 0 spiro atoms. The first-order chi connectivity index (χ1) is 13.0. The number of hydrogen-bond acceptors (Lipinski definition) is 0. The Labute approximate surface area is 170 Å². The summed E-state index contributed by atoms with van der Waals surface area (Å²) in [5.41, 5.74) is 3.10. The molecule has 0 aliphatic heterocycles. The molecular weight excluding hydrogens is 324 g/mol. The summed E-state index contributed by atoms with van der Waals surface area (Å²) in [7, 11) is 0. The SMILES string of the molecule is CCCCCC[C@@H](C)[C@H]1CC[C@H]2[C@@H]3CC=C4CCCC[C@]4(C)[C@H]3CC[C@]12C. The molecule has 0 aromatic heterocycles. The van der Waals surface area contributed by atoms with Crippen LogP contribution in [0.4, 0.5) is 0 Å². The van der Waals surface area contributed by atoms with Crippen LogP contribution in [0.2, 0.25) is 0 Å². The largest absolute Gasteiger partial charge is 0.0845 e. The van der Waals surface area contributed by atoms with Crippen LogP contribution in [0.25, 0.3) is 0 Å². The highest BCUT2D eigenvalue weighted by molar-refractivity contribution is 5.24. The van der Waals surface area contributed by atoms with Gasteiger partial charge in [-0.1, -0.05) is 77.9 Å². The first-order valence-electron chi connectivity index (χ1n) is 12.7. The molecule has 0 aromatic rings. The Hall–Kier alpha value is -0.260. The zero-order valence-electron chi connectivity index (χ0n) is 18.9. The first kappa shape index (κ1) is 20.0. The van der Waals surface area contributed by atoms with E-state index in [1.54, 1.807) is 6.42 Å². The predicted molar refractivity (Wildman–Crippen MR) is 118 cm³/mol. The normalized spacial score (nSPS) is 44.8. The Morgan fingerprint density at radius 1 is 1.00 bits per heavy atom.